The van der Waals surface area contributed by atoms with E-state index in [2.05, 4.69) is 22.2 Å². The van der Waals surface area contributed by atoms with Gasteiger partial charge in [0.25, 0.3) is 0 Å². The van der Waals surface area contributed by atoms with Crippen LogP contribution < -0.4 is 10.5 Å². The van der Waals surface area contributed by atoms with Crippen molar-refractivity contribution in [2.75, 3.05) is 6.61 Å². The topological polar surface area (TPSA) is 79.4 Å². The van der Waals surface area contributed by atoms with E-state index in [0.717, 1.165) is 22.4 Å². The van der Waals surface area contributed by atoms with Crippen LogP contribution in [0.25, 0.3) is 5.57 Å². The molecule has 0 saturated heterocycles. The van der Waals surface area contributed by atoms with E-state index in [0.29, 0.717) is 13.1 Å². The lowest BCUT2D eigenvalue weighted by Gasteiger charge is -2.12. The fourth-order valence-electron chi connectivity index (χ4n) is 2.88. The molecule has 2 N–H and O–H groups in total. The van der Waals surface area contributed by atoms with Gasteiger partial charge in [-0.1, -0.05) is 36.4 Å². The molecule has 3 aromatic rings. The Kier molecular flexibility index (Phi) is 7.19. The molecule has 1 aromatic carbocycles. The lowest BCUT2D eigenvalue weighted by Crippen LogP contribution is -2.12. The summed E-state index contributed by atoms with van der Waals surface area (Å²) in [5.41, 5.74) is 9.45. The first kappa shape index (κ1) is 21.1. The highest BCUT2D eigenvalue weighted by molar-refractivity contribution is 5.86. The second-order valence-electron chi connectivity index (χ2n) is 6.51. The Labute approximate surface area is 176 Å². The highest BCUT2D eigenvalue weighted by atomic mass is 16.6. The number of carbonyl (C=O) groups is 1. The summed E-state index contributed by atoms with van der Waals surface area (Å²) in [4.78, 5) is 16.4. The number of esters is 1. The summed E-state index contributed by atoms with van der Waals surface area (Å²) in [6, 6.07) is 17.4. The second kappa shape index (κ2) is 10.2. The smallest absolute Gasteiger partial charge is 0.373 e. The van der Waals surface area contributed by atoms with E-state index >= 15 is 0 Å². The molecule has 0 aliphatic rings. The molecule has 0 saturated carbocycles. The fraction of sp³-hybridized carbons (Fsp3) is 0.167. The predicted molar refractivity (Wildman–Crippen MR) is 116 cm³/mol. The molecule has 2 heterocycles. The lowest BCUT2D eigenvalue weighted by molar-refractivity contribution is -0.141. The van der Waals surface area contributed by atoms with E-state index in [4.69, 9.17) is 15.2 Å². The van der Waals surface area contributed by atoms with E-state index in [9.17, 15) is 4.79 Å². The van der Waals surface area contributed by atoms with Crippen LogP contribution in [-0.2, 0) is 22.6 Å². The third kappa shape index (κ3) is 5.46. The molecule has 0 aliphatic carbocycles. The van der Waals surface area contributed by atoms with Crippen LogP contribution in [0.15, 0.2) is 85.4 Å². The van der Waals surface area contributed by atoms with Gasteiger partial charge >= 0.3 is 5.97 Å². The number of benzene rings is 1. The maximum absolute atomic E-state index is 11.8. The summed E-state index contributed by atoms with van der Waals surface area (Å²) < 4.78 is 12.5. The van der Waals surface area contributed by atoms with E-state index in [1.54, 1.807) is 13.0 Å². The van der Waals surface area contributed by atoms with Crippen LogP contribution >= 0.6 is 0 Å². The predicted octanol–water partition coefficient (Wildman–Crippen LogP) is 3.93. The van der Waals surface area contributed by atoms with Gasteiger partial charge in [-0.15, -0.1) is 0 Å². The van der Waals surface area contributed by atoms with Gasteiger partial charge in [-0.25, -0.2) is 9.78 Å². The summed E-state index contributed by atoms with van der Waals surface area (Å²) in [6.07, 6.45) is 6.10. The van der Waals surface area contributed by atoms with Gasteiger partial charge in [0.15, 0.2) is 0 Å². The lowest BCUT2D eigenvalue weighted by atomic mass is 10.00. The van der Waals surface area contributed by atoms with Crippen molar-refractivity contribution >= 4 is 11.5 Å². The number of hydrogen-bond donors (Lipinski definition) is 1. The first-order chi connectivity index (χ1) is 14.6. The molecule has 6 heteroatoms. The second-order valence-corrected chi connectivity index (χ2v) is 6.51. The zero-order valence-corrected chi connectivity index (χ0v) is 17.0. The van der Waals surface area contributed by atoms with Gasteiger partial charge in [0, 0.05) is 37.1 Å². The van der Waals surface area contributed by atoms with Crippen molar-refractivity contribution in [3.05, 3.63) is 102 Å². The number of aromatic nitrogens is 2. The molecule has 0 atom stereocenters. The Bertz CT molecular complexity index is 1020. The Balaban J connectivity index is 1.91. The van der Waals surface area contributed by atoms with Gasteiger partial charge in [-0.3, -0.25) is 0 Å². The molecule has 2 aromatic heterocycles. The molecular formula is C24H25N3O3. The molecule has 0 spiro atoms. The highest BCUT2D eigenvalue weighted by Crippen LogP contribution is 2.25. The summed E-state index contributed by atoms with van der Waals surface area (Å²) in [5.74, 6) is -0.437. The minimum absolute atomic E-state index is 0.105. The molecule has 154 valence electrons. The third-order valence-corrected chi connectivity index (χ3v) is 4.40. The molecule has 0 fully saturated rings. The number of hydrogen-bond acceptors (Lipinski definition) is 5. The first-order valence-electron chi connectivity index (χ1n) is 9.72. The zero-order chi connectivity index (χ0) is 21.3. The fourth-order valence-corrected chi connectivity index (χ4v) is 2.88. The van der Waals surface area contributed by atoms with Crippen molar-refractivity contribution < 1.29 is 14.3 Å². The van der Waals surface area contributed by atoms with Crippen LogP contribution in [0.5, 0.6) is 5.88 Å². The number of nitrogens with zero attached hydrogens (tertiary/aromatic N) is 2. The van der Waals surface area contributed by atoms with Gasteiger partial charge in [0.05, 0.1) is 12.3 Å². The molecule has 0 radical (unpaired) electrons. The molecule has 0 unspecified atom stereocenters. The van der Waals surface area contributed by atoms with Crippen LogP contribution in [0.2, 0.25) is 0 Å². The van der Waals surface area contributed by atoms with Gasteiger partial charge in [0.1, 0.15) is 0 Å². The number of nitrogens with two attached hydrogens (primary N) is 1. The minimum Gasteiger partial charge on any atom is -0.460 e. The molecule has 0 bridgehead atoms. The van der Waals surface area contributed by atoms with Crippen molar-refractivity contribution in [1.29, 1.82) is 0 Å². The maximum atomic E-state index is 11.8. The standard InChI is InChI=1S/C24H25N3O3/c1-3-29-24(28)18(2)30-23-8-6-7-22(26-23)21(13-16-27-14-4-5-15-27)20-11-9-19(17-25)10-12-20/h4-15H,2-3,16-17,25H2,1H3/b21-13-. The average Bonchev–Trinajstić information content (AvgIpc) is 3.28. The summed E-state index contributed by atoms with van der Waals surface area (Å²) in [5, 5.41) is 0. The van der Waals surface area contributed by atoms with Crippen molar-refractivity contribution in [2.45, 2.75) is 20.0 Å². The Morgan fingerprint density at radius 3 is 2.53 bits per heavy atom. The first-order valence-corrected chi connectivity index (χ1v) is 9.72. The Hall–Kier alpha value is -3.64. The van der Waals surface area contributed by atoms with E-state index in [1.165, 1.54) is 0 Å². The van der Waals surface area contributed by atoms with Crippen LogP contribution in [0, 0.1) is 0 Å². The minimum atomic E-state index is -0.606. The number of rotatable bonds is 9. The number of pyridine rings is 1. The van der Waals surface area contributed by atoms with Gasteiger partial charge in [-0.05, 0) is 42.8 Å². The molecule has 6 nitrogen and oxygen atoms in total. The van der Waals surface area contributed by atoms with Crippen LogP contribution in [0.1, 0.15) is 23.7 Å². The van der Waals surface area contributed by atoms with Gasteiger partial charge < -0.3 is 19.8 Å². The van der Waals surface area contributed by atoms with Crippen molar-refractivity contribution in [3.63, 3.8) is 0 Å². The molecular weight excluding hydrogens is 378 g/mol. The van der Waals surface area contributed by atoms with Crippen molar-refractivity contribution in [2.24, 2.45) is 5.73 Å². The van der Waals surface area contributed by atoms with Gasteiger partial charge in [0.2, 0.25) is 11.6 Å². The summed E-state index contributed by atoms with van der Waals surface area (Å²) in [7, 11) is 0. The summed E-state index contributed by atoms with van der Waals surface area (Å²) in [6.45, 7) is 6.77. The van der Waals surface area contributed by atoms with Crippen LogP contribution in [0.3, 0.4) is 0 Å². The molecule has 0 amide bonds. The van der Waals surface area contributed by atoms with E-state index in [-0.39, 0.29) is 18.2 Å². The van der Waals surface area contributed by atoms with E-state index < -0.39 is 5.97 Å². The van der Waals surface area contributed by atoms with Gasteiger partial charge in [-0.2, -0.15) is 0 Å². The average molecular weight is 403 g/mol. The molecule has 3 rings (SSSR count). The largest absolute Gasteiger partial charge is 0.460 e. The SMILES string of the molecule is C=C(Oc1cccc(/C(=C\Cn2cccc2)c2ccc(CN)cc2)n1)C(=O)OCC. The van der Waals surface area contributed by atoms with Crippen molar-refractivity contribution in [3.8, 4) is 5.88 Å². The third-order valence-electron chi connectivity index (χ3n) is 4.40. The van der Waals surface area contributed by atoms with E-state index in [1.807, 2.05) is 60.9 Å². The Morgan fingerprint density at radius 2 is 1.87 bits per heavy atom. The number of carbonyl (C=O) groups excluding carboxylic acids is 1. The monoisotopic (exact) mass is 403 g/mol. The van der Waals surface area contributed by atoms with Crippen LogP contribution in [-0.4, -0.2) is 22.1 Å². The summed E-state index contributed by atoms with van der Waals surface area (Å²) >= 11 is 0. The number of ether oxygens (including phenoxy) is 2. The number of allylic oxidation sites excluding steroid dienone is 1. The zero-order valence-electron chi connectivity index (χ0n) is 17.0. The quantitative estimate of drug-likeness (QED) is 0.333. The molecule has 30 heavy (non-hydrogen) atoms. The maximum Gasteiger partial charge on any atom is 0.373 e. The normalized spacial score (nSPS) is 11.2. The van der Waals surface area contributed by atoms with Crippen LogP contribution in [0.4, 0.5) is 0 Å². The Morgan fingerprint density at radius 1 is 1.13 bits per heavy atom. The molecule has 0 aliphatic heterocycles. The highest BCUT2D eigenvalue weighted by Gasteiger charge is 2.13. The van der Waals surface area contributed by atoms with Crippen molar-refractivity contribution in [1.82, 2.24) is 9.55 Å².